The summed E-state index contributed by atoms with van der Waals surface area (Å²) < 4.78 is 3.21. The lowest BCUT2D eigenvalue weighted by Gasteiger charge is -2.33. The minimum atomic E-state index is -0.544. The van der Waals surface area contributed by atoms with Gasteiger partial charge in [-0.15, -0.1) is 10.2 Å². The Bertz CT molecular complexity index is 871. The second kappa shape index (κ2) is 8.39. The standard InChI is InChI=1S/C18H26N7O2S2/c1-12-20-21-17(29-12)28-11-10-25-13-14(22(2)18(27)23(3)15(13)26)19-16(25)24-8-6-4-5-7-9-24/h13H,4-11H2,1-3H3/q+1. The van der Waals surface area contributed by atoms with Crippen molar-refractivity contribution in [3.63, 3.8) is 0 Å². The molecule has 0 aliphatic carbocycles. The third-order valence-corrected chi connectivity index (χ3v) is 7.42. The van der Waals surface area contributed by atoms with E-state index in [1.165, 1.54) is 22.6 Å². The number of hydrogen-bond acceptors (Lipinski definition) is 6. The molecule has 0 aromatic carbocycles. The van der Waals surface area contributed by atoms with Crippen molar-refractivity contribution in [3.05, 3.63) is 5.01 Å². The van der Waals surface area contributed by atoms with Crippen LogP contribution in [0.4, 0.5) is 4.79 Å². The van der Waals surface area contributed by atoms with Crippen LogP contribution < -0.4 is 0 Å². The molecule has 1 aromatic heterocycles. The molecule has 2 fully saturated rings. The van der Waals surface area contributed by atoms with Gasteiger partial charge in [0.2, 0.25) is 11.9 Å². The first-order valence-corrected chi connectivity index (χ1v) is 11.7. The molecular formula is C18H26N7O2S2+. The summed E-state index contributed by atoms with van der Waals surface area (Å²) in [6.45, 7) is 4.45. The zero-order valence-electron chi connectivity index (χ0n) is 17.0. The molecule has 4 heterocycles. The zero-order valence-corrected chi connectivity index (χ0v) is 18.6. The highest BCUT2D eigenvalue weighted by atomic mass is 32.2. The molecule has 1 atom stereocenters. The molecule has 11 heteroatoms. The minimum Gasteiger partial charge on any atom is -0.270 e. The number of aromatic nitrogens is 2. The Kier molecular flexibility index (Phi) is 5.86. The molecule has 0 N–H and O–H groups in total. The highest BCUT2D eigenvalue weighted by molar-refractivity contribution is 8.01. The van der Waals surface area contributed by atoms with E-state index >= 15 is 0 Å². The molecule has 3 aliphatic heterocycles. The third-order valence-electron chi connectivity index (χ3n) is 5.46. The fourth-order valence-electron chi connectivity index (χ4n) is 3.91. The number of likely N-dealkylation sites (N-methyl/N-ethyl adjacent to an activating group) is 2. The van der Waals surface area contributed by atoms with Gasteiger partial charge in [-0.3, -0.25) is 19.2 Å². The number of amides is 3. The Morgan fingerprint density at radius 2 is 1.83 bits per heavy atom. The van der Waals surface area contributed by atoms with Gasteiger partial charge in [-0.2, -0.15) is 0 Å². The molecular weight excluding hydrogens is 410 g/mol. The van der Waals surface area contributed by atoms with Crippen LogP contribution in [0.15, 0.2) is 9.33 Å². The number of aryl methyl sites for hydroxylation is 1. The van der Waals surface area contributed by atoms with Crippen LogP contribution in [0.25, 0.3) is 0 Å². The molecule has 4 rings (SSSR count). The first-order valence-electron chi connectivity index (χ1n) is 9.92. The Hall–Kier alpha value is -2.01. The van der Waals surface area contributed by atoms with Crippen molar-refractivity contribution in [1.82, 2.24) is 24.9 Å². The van der Waals surface area contributed by atoms with Crippen molar-refractivity contribution in [3.8, 4) is 0 Å². The number of thioether (sulfide) groups is 1. The Morgan fingerprint density at radius 1 is 1.10 bits per heavy atom. The van der Waals surface area contributed by atoms with E-state index in [1.807, 2.05) is 6.92 Å². The second-order valence-corrected chi connectivity index (χ2v) is 9.97. The van der Waals surface area contributed by atoms with Crippen LogP contribution in [0.5, 0.6) is 0 Å². The molecule has 29 heavy (non-hydrogen) atoms. The van der Waals surface area contributed by atoms with Gasteiger partial charge in [-0.05, 0) is 19.8 Å². The van der Waals surface area contributed by atoms with E-state index in [0.29, 0.717) is 12.4 Å². The van der Waals surface area contributed by atoms with E-state index in [9.17, 15) is 9.59 Å². The predicted molar refractivity (Wildman–Crippen MR) is 113 cm³/mol. The fraction of sp³-hybridized carbons (Fsp3) is 0.667. The van der Waals surface area contributed by atoms with Gasteiger partial charge in [0.1, 0.15) is 5.01 Å². The highest BCUT2D eigenvalue weighted by Gasteiger charge is 2.55. The SMILES string of the molecule is Cc1nnc(SCCN2C(=[N+]3CCCCCC3)N=C3C2C(=O)N(C)C(=O)N3C)s1. The number of carbonyl (C=O) groups excluding carboxylic acids is 2. The Balaban J connectivity index is 1.62. The average molecular weight is 437 g/mol. The summed E-state index contributed by atoms with van der Waals surface area (Å²) in [5, 5.41) is 9.18. The largest absolute Gasteiger partial charge is 0.392 e. The molecule has 0 bridgehead atoms. The van der Waals surface area contributed by atoms with Gasteiger partial charge in [0.25, 0.3) is 5.91 Å². The van der Waals surface area contributed by atoms with Gasteiger partial charge in [0.15, 0.2) is 4.34 Å². The number of guanidine groups is 1. The molecule has 156 valence electrons. The van der Waals surface area contributed by atoms with Gasteiger partial charge >= 0.3 is 12.0 Å². The number of urea groups is 1. The quantitative estimate of drug-likeness (QED) is 0.525. The van der Waals surface area contributed by atoms with E-state index < -0.39 is 6.04 Å². The van der Waals surface area contributed by atoms with Crippen molar-refractivity contribution in [2.24, 2.45) is 4.99 Å². The summed E-state index contributed by atoms with van der Waals surface area (Å²) in [6, 6.07) is -0.876. The van der Waals surface area contributed by atoms with Crippen LogP contribution in [0.1, 0.15) is 30.7 Å². The molecule has 3 aliphatic rings. The second-order valence-electron chi connectivity index (χ2n) is 7.44. The molecule has 1 aromatic rings. The summed E-state index contributed by atoms with van der Waals surface area (Å²) >= 11 is 3.21. The van der Waals surface area contributed by atoms with E-state index in [4.69, 9.17) is 4.99 Å². The normalized spacial score (nSPS) is 22.9. The summed E-state index contributed by atoms with van der Waals surface area (Å²) in [6.07, 6.45) is 4.68. The molecule has 0 saturated carbocycles. The van der Waals surface area contributed by atoms with Crippen LogP contribution in [0, 0.1) is 6.92 Å². The molecule has 9 nitrogen and oxygen atoms in total. The van der Waals surface area contributed by atoms with Gasteiger partial charge in [0, 0.05) is 19.8 Å². The van der Waals surface area contributed by atoms with E-state index in [-0.39, 0.29) is 11.9 Å². The lowest BCUT2D eigenvalue weighted by atomic mass is 10.1. The van der Waals surface area contributed by atoms with Gasteiger partial charge in [0.05, 0.1) is 19.6 Å². The van der Waals surface area contributed by atoms with Gasteiger partial charge in [-0.25, -0.2) is 9.69 Å². The van der Waals surface area contributed by atoms with Crippen molar-refractivity contribution < 1.29 is 14.2 Å². The average Bonchev–Trinajstić information content (AvgIpc) is 3.18. The minimum absolute atomic E-state index is 0.214. The smallest absolute Gasteiger partial charge is 0.270 e. The summed E-state index contributed by atoms with van der Waals surface area (Å²) in [4.78, 5) is 35.0. The van der Waals surface area contributed by atoms with Crippen molar-refractivity contribution in [2.45, 2.75) is 43.0 Å². The highest BCUT2D eigenvalue weighted by Crippen LogP contribution is 2.26. The number of carbonyl (C=O) groups is 2. The first kappa shape index (κ1) is 20.3. The fourth-order valence-corrected chi connectivity index (χ4v) is 5.73. The third kappa shape index (κ3) is 3.89. The zero-order chi connectivity index (χ0) is 20.5. The van der Waals surface area contributed by atoms with Crippen LogP contribution in [-0.4, -0.2) is 98.7 Å². The van der Waals surface area contributed by atoms with Gasteiger partial charge in [-0.1, -0.05) is 40.9 Å². The maximum Gasteiger partial charge on any atom is 0.392 e. The van der Waals surface area contributed by atoms with E-state index in [0.717, 1.165) is 47.0 Å². The number of rotatable bonds is 4. The molecule has 1 unspecified atom stereocenters. The monoisotopic (exact) mass is 436 g/mol. The number of aliphatic imine (C=N–C) groups is 1. The summed E-state index contributed by atoms with van der Waals surface area (Å²) in [5.41, 5.74) is 0. The van der Waals surface area contributed by atoms with Crippen molar-refractivity contribution >= 4 is 46.8 Å². The first-order chi connectivity index (χ1) is 14.0. The maximum absolute atomic E-state index is 13.0. The van der Waals surface area contributed by atoms with Crippen LogP contribution in [0.3, 0.4) is 0 Å². The topological polar surface area (TPSA) is 85.0 Å². The van der Waals surface area contributed by atoms with E-state index in [2.05, 4.69) is 19.7 Å². The number of fused-ring (bicyclic) bond motifs is 1. The van der Waals surface area contributed by atoms with Crippen LogP contribution in [0.2, 0.25) is 0 Å². The number of amidine groups is 1. The molecule has 3 amide bonds. The Labute approximate surface area is 178 Å². The lowest BCUT2D eigenvalue weighted by Crippen LogP contribution is -2.63. The van der Waals surface area contributed by atoms with Crippen molar-refractivity contribution in [2.75, 3.05) is 39.5 Å². The van der Waals surface area contributed by atoms with E-state index in [1.54, 1.807) is 37.2 Å². The molecule has 0 radical (unpaired) electrons. The summed E-state index contributed by atoms with van der Waals surface area (Å²) in [7, 11) is 3.23. The number of hydrogen-bond donors (Lipinski definition) is 0. The summed E-state index contributed by atoms with van der Waals surface area (Å²) in [5.74, 6) is 1.91. The maximum atomic E-state index is 13.0. The van der Waals surface area contributed by atoms with Crippen LogP contribution in [-0.2, 0) is 4.79 Å². The Morgan fingerprint density at radius 3 is 2.48 bits per heavy atom. The van der Waals surface area contributed by atoms with Crippen LogP contribution >= 0.6 is 23.1 Å². The lowest BCUT2D eigenvalue weighted by molar-refractivity contribution is -0.531. The van der Waals surface area contributed by atoms with Gasteiger partial charge < -0.3 is 0 Å². The van der Waals surface area contributed by atoms with Crippen molar-refractivity contribution in [1.29, 1.82) is 0 Å². The predicted octanol–water partition coefficient (Wildman–Crippen LogP) is 1.49. The number of imide groups is 1. The molecule has 0 spiro atoms. The molecule has 2 saturated heterocycles. The number of nitrogens with zero attached hydrogens (tertiary/aromatic N) is 7.